The number of nitrogens with one attached hydrogen (secondary N) is 2. The summed E-state index contributed by atoms with van der Waals surface area (Å²) in [6, 6.07) is 18.9. The number of benzene rings is 2. The summed E-state index contributed by atoms with van der Waals surface area (Å²) < 4.78 is 7.24. The molecule has 4 aromatic rings. The average molecular weight is 442 g/mol. The molecule has 2 aromatic carbocycles. The maximum absolute atomic E-state index is 12.6. The van der Waals surface area contributed by atoms with E-state index in [-0.39, 0.29) is 22.9 Å². The molecule has 0 atom stereocenters. The smallest absolute Gasteiger partial charge is 0.330 e. The van der Waals surface area contributed by atoms with Crippen LogP contribution in [0, 0.1) is 0 Å². The molecule has 1 amide bonds. The van der Waals surface area contributed by atoms with Gasteiger partial charge in [0, 0.05) is 18.8 Å². The summed E-state index contributed by atoms with van der Waals surface area (Å²) in [4.78, 5) is 43.6. The van der Waals surface area contributed by atoms with Crippen molar-refractivity contribution in [3.05, 3.63) is 104 Å². The van der Waals surface area contributed by atoms with Gasteiger partial charge in [-0.25, -0.2) is 9.78 Å². The molecule has 2 aromatic heterocycles. The van der Waals surface area contributed by atoms with Gasteiger partial charge in [0.1, 0.15) is 18.0 Å². The number of aromatic amines is 1. The maximum atomic E-state index is 12.6. The van der Waals surface area contributed by atoms with Crippen molar-refractivity contribution in [2.75, 3.05) is 0 Å². The van der Waals surface area contributed by atoms with Gasteiger partial charge < -0.3 is 10.1 Å². The molecule has 0 spiro atoms. The van der Waals surface area contributed by atoms with Crippen molar-refractivity contribution < 1.29 is 9.53 Å². The lowest BCUT2D eigenvalue weighted by atomic mass is 10.1. The van der Waals surface area contributed by atoms with E-state index in [1.807, 2.05) is 54.6 Å². The second kappa shape index (κ2) is 8.74. The van der Waals surface area contributed by atoms with Crippen LogP contribution in [0.25, 0.3) is 11.0 Å². The number of carbonyl (C=O) groups is 1. The molecular weight excluding hydrogens is 420 g/mol. The van der Waals surface area contributed by atoms with E-state index in [1.165, 1.54) is 16.8 Å². The van der Waals surface area contributed by atoms with E-state index in [0.29, 0.717) is 18.8 Å². The first-order chi connectivity index (χ1) is 16.1. The standard InChI is InChI=1S/C25H22N4O4/c30-23(18-12-21-22(26-14-18)29(19-10-11-19)25(32)28-24(21)31)27-13-16-6-8-17(9-7-16)15-33-20-4-2-1-3-5-20/h1-9,12,14,19H,10-11,13,15H2,(H,27,30)(H,28,31,32). The number of amides is 1. The highest BCUT2D eigenvalue weighted by Crippen LogP contribution is 2.34. The normalized spacial score (nSPS) is 13.1. The summed E-state index contributed by atoms with van der Waals surface area (Å²) in [5.41, 5.74) is 1.53. The third kappa shape index (κ3) is 4.55. The molecule has 5 rings (SSSR count). The number of ether oxygens (including phenoxy) is 1. The fourth-order valence-electron chi connectivity index (χ4n) is 3.65. The molecule has 166 valence electrons. The summed E-state index contributed by atoms with van der Waals surface area (Å²) in [5, 5.41) is 3.08. The van der Waals surface area contributed by atoms with Gasteiger partial charge in [-0.05, 0) is 42.2 Å². The average Bonchev–Trinajstić information content (AvgIpc) is 3.67. The van der Waals surface area contributed by atoms with Crippen LogP contribution in [0.15, 0.2) is 76.4 Å². The summed E-state index contributed by atoms with van der Waals surface area (Å²) in [6.45, 7) is 0.786. The van der Waals surface area contributed by atoms with Gasteiger partial charge in [0.15, 0.2) is 0 Å². The van der Waals surface area contributed by atoms with Gasteiger partial charge >= 0.3 is 5.69 Å². The molecule has 8 nitrogen and oxygen atoms in total. The van der Waals surface area contributed by atoms with Crippen LogP contribution in [0.1, 0.15) is 40.4 Å². The highest BCUT2D eigenvalue weighted by Gasteiger charge is 2.27. The van der Waals surface area contributed by atoms with Crippen LogP contribution in [0.2, 0.25) is 0 Å². The summed E-state index contributed by atoms with van der Waals surface area (Å²) >= 11 is 0. The Morgan fingerprint density at radius 3 is 2.52 bits per heavy atom. The van der Waals surface area contributed by atoms with Crippen LogP contribution in [-0.4, -0.2) is 20.4 Å². The fourth-order valence-corrected chi connectivity index (χ4v) is 3.65. The zero-order valence-electron chi connectivity index (χ0n) is 17.8. The Kier molecular flexibility index (Phi) is 5.48. The number of para-hydroxylation sites is 1. The summed E-state index contributed by atoms with van der Waals surface area (Å²) in [6.07, 6.45) is 3.16. The predicted octanol–water partition coefficient (Wildman–Crippen LogP) is 2.93. The Morgan fingerprint density at radius 1 is 1.06 bits per heavy atom. The number of rotatable bonds is 7. The molecule has 0 bridgehead atoms. The predicted molar refractivity (Wildman–Crippen MR) is 123 cm³/mol. The lowest BCUT2D eigenvalue weighted by Crippen LogP contribution is -2.31. The topological polar surface area (TPSA) is 106 Å². The molecule has 0 saturated heterocycles. The Bertz CT molecular complexity index is 1420. The van der Waals surface area contributed by atoms with E-state index in [0.717, 1.165) is 29.7 Å². The minimum atomic E-state index is -0.539. The third-order valence-electron chi connectivity index (χ3n) is 5.58. The minimum absolute atomic E-state index is 0.0603. The Balaban J connectivity index is 1.24. The molecule has 0 radical (unpaired) electrons. The molecule has 1 aliphatic carbocycles. The molecule has 0 unspecified atom stereocenters. The first kappa shape index (κ1) is 20.7. The van der Waals surface area contributed by atoms with Gasteiger partial charge in [-0.3, -0.25) is 19.1 Å². The van der Waals surface area contributed by atoms with E-state index in [1.54, 1.807) is 0 Å². The monoisotopic (exact) mass is 442 g/mol. The molecule has 2 heterocycles. The van der Waals surface area contributed by atoms with Gasteiger partial charge in [0.05, 0.1) is 10.9 Å². The van der Waals surface area contributed by atoms with Crippen LogP contribution in [-0.2, 0) is 13.2 Å². The van der Waals surface area contributed by atoms with Crippen LogP contribution in [0.4, 0.5) is 0 Å². The number of fused-ring (bicyclic) bond motifs is 1. The van der Waals surface area contributed by atoms with Crippen molar-refractivity contribution in [2.24, 2.45) is 0 Å². The first-order valence-electron chi connectivity index (χ1n) is 10.8. The number of nitrogens with zero attached hydrogens (tertiary/aromatic N) is 2. The van der Waals surface area contributed by atoms with Crippen LogP contribution < -0.4 is 21.3 Å². The van der Waals surface area contributed by atoms with Crippen LogP contribution >= 0.6 is 0 Å². The Hall–Kier alpha value is -4.20. The van der Waals surface area contributed by atoms with Crippen molar-refractivity contribution >= 4 is 16.9 Å². The van der Waals surface area contributed by atoms with Crippen molar-refractivity contribution in [2.45, 2.75) is 32.0 Å². The number of hydrogen-bond donors (Lipinski definition) is 2. The van der Waals surface area contributed by atoms with Crippen LogP contribution in [0.5, 0.6) is 5.75 Å². The fraction of sp³-hybridized carbons (Fsp3) is 0.200. The zero-order valence-corrected chi connectivity index (χ0v) is 17.8. The van der Waals surface area contributed by atoms with Gasteiger partial charge in [-0.15, -0.1) is 0 Å². The quantitative estimate of drug-likeness (QED) is 0.458. The third-order valence-corrected chi connectivity index (χ3v) is 5.58. The maximum Gasteiger partial charge on any atom is 0.330 e. The van der Waals surface area contributed by atoms with E-state index in [4.69, 9.17) is 4.74 Å². The largest absolute Gasteiger partial charge is 0.489 e. The van der Waals surface area contributed by atoms with Crippen molar-refractivity contribution in [3.63, 3.8) is 0 Å². The molecule has 1 fully saturated rings. The first-order valence-corrected chi connectivity index (χ1v) is 10.8. The number of H-pyrrole nitrogens is 1. The molecule has 8 heteroatoms. The highest BCUT2D eigenvalue weighted by molar-refractivity contribution is 5.96. The van der Waals surface area contributed by atoms with E-state index < -0.39 is 11.2 Å². The SMILES string of the molecule is O=C(NCc1ccc(COc2ccccc2)cc1)c1cnc2c(c1)c(=O)[nH]c(=O)n2C1CC1. The molecular formula is C25H22N4O4. The zero-order chi connectivity index (χ0) is 22.8. The number of aromatic nitrogens is 3. The Labute approximate surface area is 188 Å². The number of hydrogen-bond acceptors (Lipinski definition) is 5. The molecule has 0 aliphatic heterocycles. The van der Waals surface area contributed by atoms with Gasteiger partial charge in [-0.1, -0.05) is 42.5 Å². The van der Waals surface area contributed by atoms with Gasteiger partial charge in [0.25, 0.3) is 11.5 Å². The van der Waals surface area contributed by atoms with Crippen molar-refractivity contribution in [1.29, 1.82) is 0 Å². The van der Waals surface area contributed by atoms with Gasteiger partial charge in [-0.2, -0.15) is 0 Å². The van der Waals surface area contributed by atoms with E-state index in [2.05, 4.69) is 15.3 Å². The number of carbonyl (C=O) groups excluding carboxylic acids is 1. The van der Waals surface area contributed by atoms with E-state index >= 15 is 0 Å². The lowest BCUT2D eigenvalue weighted by Gasteiger charge is -2.10. The Morgan fingerprint density at radius 2 is 1.79 bits per heavy atom. The second-order valence-electron chi connectivity index (χ2n) is 8.06. The summed E-state index contributed by atoms with van der Waals surface area (Å²) in [7, 11) is 0. The van der Waals surface area contributed by atoms with Crippen LogP contribution in [0.3, 0.4) is 0 Å². The second-order valence-corrected chi connectivity index (χ2v) is 8.06. The van der Waals surface area contributed by atoms with Crippen molar-refractivity contribution in [1.82, 2.24) is 19.9 Å². The molecule has 1 saturated carbocycles. The lowest BCUT2D eigenvalue weighted by molar-refractivity contribution is 0.0950. The molecule has 33 heavy (non-hydrogen) atoms. The van der Waals surface area contributed by atoms with Crippen molar-refractivity contribution in [3.8, 4) is 5.75 Å². The van der Waals surface area contributed by atoms with Gasteiger partial charge in [0.2, 0.25) is 0 Å². The number of pyridine rings is 1. The molecule has 2 N–H and O–H groups in total. The molecule has 1 aliphatic rings. The minimum Gasteiger partial charge on any atom is -0.489 e. The summed E-state index contributed by atoms with van der Waals surface area (Å²) in [5.74, 6) is 0.468. The highest BCUT2D eigenvalue weighted by atomic mass is 16.5. The van der Waals surface area contributed by atoms with E-state index in [9.17, 15) is 14.4 Å².